The quantitative estimate of drug-likeness (QED) is 0.747. The Morgan fingerprint density at radius 2 is 2.30 bits per heavy atom. The topological polar surface area (TPSA) is 70.1 Å². The van der Waals surface area contributed by atoms with Gasteiger partial charge in [-0.25, -0.2) is 0 Å². The fourth-order valence-electron chi connectivity index (χ4n) is 1.73. The first-order valence-corrected chi connectivity index (χ1v) is 7.09. The van der Waals surface area contributed by atoms with Crippen LogP contribution in [0, 0.1) is 15.1 Å². The SMILES string of the molecule is N#CCCN(Cc1cccnc1)C(=O)c1ccc(I)o1. The molecule has 2 aromatic heterocycles. The Morgan fingerprint density at radius 1 is 1.45 bits per heavy atom. The molecule has 0 saturated carbocycles. The van der Waals surface area contributed by atoms with E-state index in [4.69, 9.17) is 9.68 Å². The highest BCUT2D eigenvalue weighted by Crippen LogP contribution is 2.14. The summed E-state index contributed by atoms with van der Waals surface area (Å²) in [6, 6.07) is 9.15. The third-order valence-electron chi connectivity index (χ3n) is 2.66. The van der Waals surface area contributed by atoms with E-state index in [2.05, 4.69) is 11.1 Å². The average Bonchev–Trinajstić information content (AvgIpc) is 2.90. The standard InChI is InChI=1S/C14H12IN3O2/c15-13-5-4-12(20-13)14(19)18(8-2-6-16)10-11-3-1-7-17-9-11/h1,3-5,7,9H,2,8,10H2. The summed E-state index contributed by atoms with van der Waals surface area (Å²) in [5.41, 5.74) is 0.917. The van der Waals surface area contributed by atoms with Crippen LogP contribution in [0.3, 0.4) is 0 Å². The summed E-state index contributed by atoms with van der Waals surface area (Å²) in [6.45, 7) is 0.771. The predicted octanol–water partition coefficient (Wildman–Crippen LogP) is 2.84. The summed E-state index contributed by atoms with van der Waals surface area (Å²) in [7, 11) is 0. The maximum Gasteiger partial charge on any atom is 0.289 e. The van der Waals surface area contributed by atoms with Crippen molar-refractivity contribution in [3.63, 3.8) is 0 Å². The van der Waals surface area contributed by atoms with Gasteiger partial charge < -0.3 is 9.32 Å². The van der Waals surface area contributed by atoms with Crippen molar-refractivity contribution in [2.24, 2.45) is 0 Å². The molecule has 0 saturated heterocycles. The minimum absolute atomic E-state index is 0.216. The normalized spacial score (nSPS) is 10.0. The molecule has 0 spiro atoms. The Bertz CT molecular complexity index is 619. The zero-order chi connectivity index (χ0) is 14.4. The van der Waals surface area contributed by atoms with Crippen molar-refractivity contribution in [1.29, 1.82) is 5.26 Å². The van der Waals surface area contributed by atoms with Gasteiger partial charge in [0.2, 0.25) is 0 Å². The molecule has 0 atom stereocenters. The van der Waals surface area contributed by atoms with Crippen LogP contribution in [0.25, 0.3) is 0 Å². The molecule has 2 heterocycles. The van der Waals surface area contributed by atoms with Gasteiger partial charge in [0, 0.05) is 25.5 Å². The molecular weight excluding hydrogens is 369 g/mol. The maximum absolute atomic E-state index is 12.4. The van der Waals surface area contributed by atoms with Crippen molar-refractivity contribution >= 4 is 28.5 Å². The summed E-state index contributed by atoms with van der Waals surface area (Å²) in [5.74, 6) is 0.0725. The summed E-state index contributed by atoms with van der Waals surface area (Å²) in [6.07, 6.45) is 3.67. The lowest BCUT2D eigenvalue weighted by Gasteiger charge is -2.20. The molecular formula is C14H12IN3O2. The minimum atomic E-state index is -0.216. The van der Waals surface area contributed by atoms with Gasteiger partial charge in [0.25, 0.3) is 5.91 Å². The van der Waals surface area contributed by atoms with Crippen LogP contribution in [0.1, 0.15) is 22.5 Å². The molecule has 0 aliphatic carbocycles. The average molecular weight is 381 g/mol. The summed E-state index contributed by atoms with van der Waals surface area (Å²) in [5, 5.41) is 8.71. The fourth-order valence-corrected chi connectivity index (χ4v) is 2.15. The molecule has 0 aliphatic rings. The Labute approximate surface area is 130 Å². The molecule has 5 nitrogen and oxygen atoms in total. The molecule has 0 aromatic carbocycles. The van der Waals surface area contributed by atoms with E-state index in [0.29, 0.717) is 16.9 Å². The van der Waals surface area contributed by atoms with Crippen molar-refractivity contribution in [2.45, 2.75) is 13.0 Å². The molecule has 20 heavy (non-hydrogen) atoms. The van der Waals surface area contributed by atoms with Gasteiger partial charge in [-0.2, -0.15) is 5.26 Å². The first-order chi connectivity index (χ1) is 9.70. The van der Waals surface area contributed by atoms with Crippen LogP contribution in [-0.4, -0.2) is 22.3 Å². The second-order valence-corrected chi connectivity index (χ2v) is 5.16. The molecule has 2 rings (SSSR count). The van der Waals surface area contributed by atoms with E-state index in [1.807, 2.05) is 34.7 Å². The number of halogens is 1. The van der Waals surface area contributed by atoms with Gasteiger partial charge in [-0.1, -0.05) is 6.07 Å². The van der Waals surface area contributed by atoms with Crippen LogP contribution in [0.4, 0.5) is 0 Å². The van der Waals surface area contributed by atoms with Crippen molar-refractivity contribution < 1.29 is 9.21 Å². The lowest BCUT2D eigenvalue weighted by molar-refractivity contribution is 0.0713. The van der Waals surface area contributed by atoms with Gasteiger partial charge in [-0.3, -0.25) is 9.78 Å². The van der Waals surface area contributed by atoms with Crippen LogP contribution in [-0.2, 0) is 6.54 Å². The molecule has 0 bridgehead atoms. The van der Waals surface area contributed by atoms with E-state index < -0.39 is 0 Å². The molecule has 6 heteroatoms. The number of amides is 1. The molecule has 102 valence electrons. The van der Waals surface area contributed by atoms with Crippen LogP contribution in [0.15, 0.2) is 41.1 Å². The lowest BCUT2D eigenvalue weighted by atomic mass is 10.2. The number of furan rings is 1. The first kappa shape index (κ1) is 14.5. The lowest BCUT2D eigenvalue weighted by Crippen LogP contribution is -2.31. The molecule has 0 N–H and O–H groups in total. The third-order valence-corrected chi connectivity index (χ3v) is 3.24. The van der Waals surface area contributed by atoms with Gasteiger partial charge in [-0.15, -0.1) is 0 Å². The highest BCUT2D eigenvalue weighted by atomic mass is 127. The third kappa shape index (κ3) is 3.81. The van der Waals surface area contributed by atoms with Gasteiger partial charge in [0.15, 0.2) is 9.53 Å². The molecule has 2 aromatic rings. The highest BCUT2D eigenvalue weighted by Gasteiger charge is 2.19. The zero-order valence-electron chi connectivity index (χ0n) is 10.6. The smallest absolute Gasteiger partial charge is 0.289 e. The monoisotopic (exact) mass is 381 g/mol. The summed E-state index contributed by atoms with van der Waals surface area (Å²) >= 11 is 2.01. The summed E-state index contributed by atoms with van der Waals surface area (Å²) in [4.78, 5) is 18.0. The Morgan fingerprint density at radius 3 is 2.90 bits per heavy atom. The van der Waals surface area contributed by atoms with Crippen LogP contribution in [0.5, 0.6) is 0 Å². The molecule has 0 aliphatic heterocycles. The molecule has 0 fully saturated rings. The minimum Gasteiger partial charge on any atom is -0.445 e. The Kier molecular flexibility index (Phi) is 5.12. The van der Waals surface area contributed by atoms with Crippen molar-refractivity contribution in [1.82, 2.24) is 9.88 Å². The van der Waals surface area contributed by atoms with Crippen LogP contribution < -0.4 is 0 Å². The number of carbonyl (C=O) groups excluding carboxylic acids is 1. The number of nitrogens with zero attached hydrogens (tertiary/aromatic N) is 3. The van der Waals surface area contributed by atoms with E-state index in [0.717, 1.165) is 5.56 Å². The zero-order valence-corrected chi connectivity index (χ0v) is 12.8. The van der Waals surface area contributed by atoms with E-state index >= 15 is 0 Å². The number of hydrogen-bond donors (Lipinski definition) is 0. The van der Waals surface area contributed by atoms with Gasteiger partial charge in [0.05, 0.1) is 12.5 Å². The van der Waals surface area contributed by atoms with E-state index in [-0.39, 0.29) is 18.1 Å². The van der Waals surface area contributed by atoms with Crippen molar-refractivity contribution in [3.05, 3.63) is 51.7 Å². The second kappa shape index (κ2) is 7.05. The van der Waals surface area contributed by atoms with Crippen LogP contribution >= 0.6 is 22.6 Å². The largest absolute Gasteiger partial charge is 0.445 e. The van der Waals surface area contributed by atoms with Crippen LogP contribution in [0.2, 0.25) is 0 Å². The summed E-state index contributed by atoms with van der Waals surface area (Å²) < 4.78 is 6.00. The Hall–Kier alpha value is -1.88. The fraction of sp³-hybridized carbons (Fsp3) is 0.214. The number of nitriles is 1. The molecule has 1 amide bonds. The van der Waals surface area contributed by atoms with Gasteiger partial charge in [-0.05, 0) is 46.4 Å². The predicted molar refractivity (Wildman–Crippen MR) is 80.6 cm³/mol. The van der Waals surface area contributed by atoms with Gasteiger partial charge >= 0.3 is 0 Å². The number of hydrogen-bond acceptors (Lipinski definition) is 4. The second-order valence-electron chi connectivity index (χ2n) is 4.10. The van der Waals surface area contributed by atoms with E-state index in [9.17, 15) is 4.79 Å². The van der Waals surface area contributed by atoms with Crippen molar-refractivity contribution in [3.8, 4) is 6.07 Å². The number of aromatic nitrogens is 1. The highest BCUT2D eigenvalue weighted by molar-refractivity contribution is 14.1. The maximum atomic E-state index is 12.4. The van der Waals surface area contributed by atoms with Crippen molar-refractivity contribution in [2.75, 3.05) is 6.54 Å². The molecule has 0 radical (unpaired) electrons. The number of carbonyl (C=O) groups is 1. The van der Waals surface area contributed by atoms with E-state index in [1.54, 1.807) is 29.4 Å². The first-order valence-electron chi connectivity index (χ1n) is 6.01. The number of rotatable bonds is 5. The van der Waals surface area contributed by atoms with Gasteiger partial charge in [0.1, 0.15) is 0 Å². The molecule has 0 unspecified atom stereocenters. The number of pyridine rings is 1. The van der Waals surface area contributed by atoms with E-state index in [1.165, 1.54) is 0 Å². The Balaban J connectivity index is 2.15.